The normalized spacial score (nSPS) is 10.1. The van der Waals surface area contributed by atoms with Gasteiger partial charge in [0.15, 0.2) is 6.29 Å². The highest BCUT2D eigenvalue weighted by Gasteiger charge is 2.02. The Bertz CT molecular complexity index is 467. The van der Waals surface area contributed by atoms with Crippen molar-refractivity contribution in [2.75, 3.05) is 0 Å². The van der Waals surface area contributed by atoms with Crippen LogP contribution in [0.3, 0.4) is 0 Å². The molecule has 2 heterocycles. The van der Waals surface area contributed by atoms with Gasteiger partial charge in [-0.15, -0.1) is 11.3 Å². The number of halogens is 1. The average Bonchev–Trinajstić information content (AvgIpc) is 2.66. The van der Waals surface area contributed by atoms with Gasteiger partial charge in [-0.2, -0.15) is 0 Å². The number of thiophene rings is 1. The Labute approximate surface area is 93.7 Å². The lowest BCUT2D eigenvalue weighted by Gasteiger charge is -1.96. The second-order valence-corrected chi connectivity index (χ2v) is 4.61. The van der Waals surface area contributed by atoms with Crippen LogP contribution in [0.2, 0.25) is 0 Å². The van der Waals surface area contributed by atoms with Gasteiger partial charge in [0.1, 0.15) is 4.60 Å². The molecule has 4 heteroatoms. The Hall–Kier alpha value is -1.00. The lowest BCUT2D eigenvalue weighted by Crippen LogP contribution is -1.75. The van der Waals surface area contributed by atoms with E-state index in [0.29, 0.717) is 0 Å². The van der Waals surface area contributed by atoms with E-state index in [-0.39, 0.29) is 0 Å². The van der Waals surface area contributed by atoms with Crippen LogP contribution in [0.15, 0.2) is 35.1 Å². The van der Waals surface area contributed by atoms with Gasteiger partial charge in [-0.05, 0) is 45.8 Å². The Morgan fingerprint density at radius 1 is 1.36 bits per heavy atom. The van der Waals surface area contributed by atoms with Gasteiger partial charge < -0.3 is 0 Å². The van der Waals surface area contributed by atoms with Crippen molar-refractivity contribution in [1.29, 1.82) is 0 Å². The second-order valence-electron chi connectivity index (χ2n) is 2.69. The summed E-state index contributed by atoms with van der Waals surface area (Å²) >= 11 is 4.79. The number of carbonyl (C=O) groups is 1. The number of hydrogen-bond donors (Lipinski definition) is 0. The Morgan fingerprint density at radius 3 is 2.86 bits per heavy atom. The first-order valence-electron chi connectivity index (χ1n) is 3.96. The van der Waals surface area contributed by atoms with E-state index < -0.39 is 0 Å². The van der Waals surface area contributed by atoms with Crippen molar-refractivity contribution in [1.82, 2.24) is 4.98 Å². The molecular formula is C10H6BrNOS. The zero-order valence-electron chi connectivity index (χ0n) is 7.11. The van der Waals surface area contributed by atoms with Gasteiger partial charge in [0.25, 0.3) is 0 Å². The number of aromatic nitrogens is 1. The van der Waals surface area contributed by atoms with Crippen molar-refractivity contribution in [2.45, 2.75) is 0 Å². The fourth-order valence-corrected chi connectivity index (χ4v) is 2.31. The van der Waals surface area contributed by atoms with Crippen LogP contribution in [0.25, 0.3) is 10.4 Å². The molecule has 0 spiro atoms. The van der Waals surface area contributed by atoms with Gasteiger partial charge in [-0.3, -0.25) is 4.79 Å². The van der Waals surface area contributed by atoms with Gasteiger partial charge in [0.05, 0.1) is 4.88 Å². The van der Waals surface area contributed by atoms with E-state index >= 15 is 0 Å². The standard InChI is InChI=1S/C10H6BrNOS/c11-10-5-7(3-4-12-10)9-2-1-8(6-13)14-9/h1-6H. The molecule has 0 aromatic carbocycles. The molecule has 0 radical (unpaired) electrons. The smallest absolute Gasteiger partial charge is 0.160 e. The SMILES string of the molecule is O=Cc1ccc(-c2ccnc(Br)c2)s1. The summed E-state index contributed by atoms with van der Waals surface area (Å²) in [6.45, 7) is 0. The van der Waals surface area contributed by atoms with E-state index in [9.17, 15) is 4.79 Å². The maximum atomic E-state index is 10.5. The zero-order chi connectivity index (χ0) is 9.97. The first-order chi connectivity index (χ1) is 6.79. The molecule has 0 saturated carbocycles. The average molecular weight is 268 g/mol. The summed E-state index contributed by atoms with van der Waals surface area (Å²) in [6, 6.07) is 7.61. The van der Waals surface area contributed by atoms with E-state index in [2.05, 4.69) is 20.9 Å². The van der Waals surface area contributed by atoms with Crippen LogP contribution in [0.5, 0.6) is 0 Å². The maximum Gasteiger partial charge on any atom is 0.160 e. The highest BCUT2D eigenvalue weighted by molar-refractivity contribution is 9.10. The minimum Gasteiger partial charge on any atom is -0.297 e. The molecule has 0 unspecified atom stereocenters. The van der Waals surface area contributed by atoms with Crippen molar-refractivity contribution in [3.05, 3.63) is 39.9 Å². The molecule has 14 heavy (non-hydrogen) atoms. The number of aldehydes is 1. The quantitative estimate of drug-likeness (QED) is 0.617. The van der Waals surface area contributed by atoms with Crippen LogP contribution in [-0.4, -0.2) is 11.3 Å². The van der Waals surface area contributed by atoms with Crippen LogP contribution >= 0.6 is 27.3 Å². The highest BCUT2D eigenvalue weighted by atomic mass is 79.9. The van der Waals surface area contributed by atoms with Crippen LogP contribution in [0, 0.1) is 0 Å². The van der Waals surface area contributed by atoms with Crippen molar-refractivity contribution < 1.29 is 4.79 Å². The first-order valence-corrected chi connectivity index (χ1v) is 5.57. The lowest BCUT2D eigenvalue weighted by molar-refractivity contribution is 0.112. The molecule has 0 fully saturated rings. The Balaban J connectivity index is 2.43. The molecule has 70 valence electrons. The molecule has 0 aliphatic heterocycles. The van der Waals surface area contributed by atoms with Gasteiger partial charge >= 0.3 is 0 Å². The fourth-order valence-electron chi connectivity index (χ4n) is 1.13. The second kappa shape index (κ2) is 4.02. The van der Waals surface area contributed by atoms with Gasteiger partial charge in [-0.1, -0.05) is 0 Å². The van der Waals surface area contributed by atoms with E-state index in [1.807, 2.05) is 24.3 Å². The summed E-state index contributed by atoms with van der Waals surface area (Å²) in [5.41, 5.74) is 1.07. The molecule has 0 aliphatic rings. The predicted octanol–water partition coefficient (Wildman–Crippen LogP) is 3.39. The summed E-state index contributed by atoms with van der Waals surface area (Å²) in [4.78, 5) is 16.4. The van der Waals surface area contributed by atoms with Crippen molar-refractivity contribution in [3.63, 3.8) is 0 Å². The summed E-state index contributed by atoms with van der Waals surface area (Å²) in [7, 11) is 0. The maximum absolute atomic E-state index is 10.5. The number of hydrogen-bond acceptors (Lipinski definition) is 3. The van der Waals surface area contributed by atoms with E-state index in [4.69, 9.17) is 0 Å². The van der Waals surface area contributed by atoms with Crippen molar-refractivity contribution >= 4 is 33.6 Å². The van der Waals surface area contributed by atoms with Crippen LogP contribution < -0.4 is 0 Å². The summed E-state index contributed by atoms with van der Waals surface area (Å²) in [5, 5.41) is 0. The highest BCUT2D eigenvalue weighted by Crippen LogP contribution is 2.28. The minimum atomic E-state index is 0.743. The number of nitrogens with zero attached hydrogens (tertiary/aromatic N) is 1. The zero-order valence-corrected chi connectivity index (χ0v) is 9.51. The molecule has 2 aromatic heterocycles. The van der Waals surface area contributed by atoms with Crippen molar-refractivity contribution in [2.24, 2.45) is 0 Å². The Morgan fingerprint density at radius 2 is 2.21 bits per heavy atom. The number of rotatable bonds is 2. The van der Waals surface area contributed by atoms with Gasteiger partial charge in [0, 0.05) is 11.1 Å². The number of pyridine rings is 1. The fraction of sp³-hybridized carbons (Fsp3) is 0. The molecule has 2 rings (SSSR count). The topological polar surface area (TPSA) is 30.0 Å². The molecule has 0 amide bonds. The third-order valence-corrected chi connectivity index (χ3v) is 3.25. The monoisotopic (exact) mass is 267 g/mol. The summed E-state index contributed by atoms with van der Waals surface area (Å²) in [5.74, 6) is 0. The molecular weight excluding hydrogens is 262 g/mol. The van der Waals surface area contributed by atoms with Gasteiger partial charge in [0.2, 0.25) is 0 Å². The third kappa shape index (κ3) is 1.91. The Kier molecular flexibility index (Phi) is 2.74. The molecule has 2 nitrogen and oxygen atoms in total. The van der Waals surface area contributed by atoms with Crippen LogP contribution in [0.4, 0.5) is 0 Å². The molecule has 2 aromatic rings. The molecule has 0 bridgehead atoms. The molecule has 0 aliphatic carbocycles. The van der Waals surface area contributed by atoms with Gasteiger partial charge in [-0.25, -0.2) is 4.98 Å². The lowest BCUT2D eigenvalue weighted by atomic mass is 10.2. The van der Waals surface area contributed by atoms with Crippen LogP contribution in [0.1, 0.15) is 9.67 Å². The third-order valence-electron chi connectivity index (χ3n) is 1.75. The molecule has 0 saturated heterocycles. The van der Waals surface area contributed by atoms with E-state index in [0.717, 1.165) is 26.2 Å². The minimum absolute atomic E-state index is 0.743. The van der Waals surface area contributed by atoms with E-state index in [1.165, 1.54) is 11.3 Å². The number of carbonyl (C=O) groups excluding carboxylic acids is 1. The molecule has 0 N–H and O–H groups in total. The molecule has 0 atom stereocenters. The largest absolute Gasteiger partial charge is 0.297 e. The van der Waals surface area contributed by atoms with E-state index in [1.54, 1.807) is 6.20 Å². The van der Waals surface area contributed by atoms with Crippen molar-refractivity contribution in [3.8, 4) is 10.4 Å². The predicted molar refractivity (Wildman–Crippen MR) is 60.6 cm³/mol. The summed E-state index contributed by atoms with van der Waals surface area (Å²) in [6.07, 6.45) is 2.60. The summed E-state index contributed by atoms with van der Waals surface area (Å²) < 4.78 is 0.802. The van der Waals surface area contributed by atoms with Crippen LogP contribution in [-0.2, 0) is 0 Å². The first kappa shape index (κ1) is 9.55.